The lowest BCUT2D eigenvalue weighted by molar-refractivity contribution is -0.123. The van der Waals surface area contributed by atoms with Crippen molar-refractivity contribution in [3.63, 3.8) is 0 Å². The zero-order valence-corrected chi connectivity index (χ0v) is 12.2. The molecule has 2 atom stereocenters. The summed E-state index contributed by atoms with van der Waals surface area (Å²) in [6.07, 6.45) is 3.82. The summed E-state index contributed by atoms with van der Waals surface area (Å²) in [6.45, 7) is 7.21. The molecule has 0 unspecified atom stereocenters. The van der Waals surface area contributed by atoms with Crippen LogP contribution in [0.4, 0.5) is 0 Å². The van der Waals surface area contributed by atoms with Crippen molar-refractivity contribution in [3.05, 3.63) is 0 Å². The van der Waals surface area contributed by atoms with Crippen molar-refractivity contribution >= 4 is 5.91 Å². The van der Waals surface area contributed by atoms with Gasteiger partial charge < -0.3 is 10.4 Å². The van der Waals surface area contributed by atoms with Crippen LogP contribution in [-0.2, 0) is 4.79 Å². The molecule has 1 aliphatic carbocycles. The van der Waals surface area contributed by atoms with Crippen LogP contribution in [0.25, 0.3) is 0 Å². The van der Waals surface area contributed by atoms with Crippen molar-refractivity contribution in [2.24, 2.45) is 5.41 Å². The summed E-state index contributed by atoms with van der Waals surface area (Å²) in [5.74, 6) is 0.0465. The third-order valence-electron chi connectivity index (χ3n) is 4.24. The Kier molecular flexibility index (Phi) is 5.60. The maximum Gasteiger partial charge on any atom is 0.234 e. The second-order valence-electron chi connectivity index (χ2n) is 6.20. The fourth-order valence-corrected chi connectivity index (χ4v) is 2.35. The van der Waals surface area contributed by atoms with E-state index in [1.54, 1.807) is 0 Å². The highest BCUT2D eigenvalue weighted by Gasteiger charge is 2.35. The van der Waals surface area contributed by atoms with Gasteiger partial charge in [-0.15, -0.1) is 0 Å². The molecular formula is C14H28N2O2. The molecule has 1 saturated carbocycles. The molecule has 0 aromatic heterocycles. The van der Waals surface area contributed by atoms with Crippen molar-refractivity contribution in [1.82, 2.24) is 10.2 Å². The molecular weight excluding hydrogens is 228 g/mol. The molecule has 2 N–H and O–H groups in total. The summed E-state index contributed by atoms with van der Waals surface area (Å²) in [7, 11) is 1.95. The summed E-state index contributed by atoms with van der Waals surface area (Å²) in [6, 6.07) is 0.367. The van der Waals surface area contributed by atoms with E-state index >= 15 is 0 Å². The second kappa shape index (κ2) is 6.53. The Hall–Kier alpha value is -0.610. The van der Waals surface area contributed by atoms with Crippen LogP contribution >= 0.6 is 0 Å². The van der Waals surface area contributed by atoms with Gasteiger partial charge in [0.2, 0.25) is 5.91 Å². The minimum Gasteiger partial charge on any atom is -0.392 e. The second-order valence-corrected chi connectivity index (χ2v) is 6.20. The van der Waals surface area contributed by atoms with Gasteiger partial charge in [0.15, 0.2) is 0 Å². The van der Waals surface area contributed by atoms with E-state index in [0.29, 0.717) is 19.1 Å². The first kappa shape index (κ1) is 15.4. The normalized spacial score (nSPS) is 28.7. The number of nitrogens with one attached hydrogen (secondary N) is 1. The predicted octanol–water partition coefficient (Wildman–Crippen LogP) is 1.38. The fourth-order valence-electron chi connectivity index (χ4n) is 2.35. The molecule has 1 aliphatic rings. The molecule has 4 heteroatoms. The van der Waals surface area contributed by atoms with Crippen molar-refractivity contribution < 1.29 is 9.90 Å². The Morgan fingerprint density at radius 2 is 2.17 bits per heavy atom. The molecule has 0 aliphatic heterocycles. The van der Waals surface area contributed by atoms with Gasteiger partial charge in [-0.2, -0.15) is 0 Å². The smallest absolute Gasteiger partial charge is 0.234 e. The Balaban J connectivity index is 2.37. The Labute approximate surface area is 111 Å². The highest BCUT2D eigenvalue weighted by atomic mass is 16.3. The molecule has 0 aromatic carbocycles. The molecule has 0 heterocycles. The molecule has 0 aromatic rings. The van der Waals surface area contributed by atoms with Crippen molar-refractivity contribution in [2.75, 3.05) is 20.1 Å². The number of carbonyl (C=O) groups is 1. The van der Waals surface area contributed by atoms with E-state index in [9.17, 15) is 9.90 Å². The van der Waals surface area contributed by atoms with E-state index in [4.69, 9.17) is 0 Å². The van der Waals surface area contributed by atoms with E-state index in [1.807, 2.05) is 11.9 Å². The largest absolute Gasteiger partial charge is 0.392 e. The van der Waals surface area contributed by atoms with Crippen molar-refractivity contribution in [2.45, 2.75) is 58.6 Å². The molecule has 106 valence electrons. The van der Waals surface area contributed by atoms with Crippen LogP contribution in [-0.4, -0.2) is 48.2 Å². The predicted molar refractivity (Wildman–Crippen MR) is 73.4 cm³/mol. The minimum absolute atomic E-state index is 0.0465. The van der Waals surface area contributed by atoms with Crippen LogP contribution in [0.5, 0.6) is 0 Å². The van der Waals surface area contributed by atoms with E-state index in [2.05, 4.69) is 26.1 Å². The molecule has 0 spiro atoms. The lowest BCUT2D eigenvalue weighted by Crippen LogP contribution is -2.47. The number of aliphatic hydroxyl groups excluding tert-OH is 1. The summed E-state index contributed by atoms with van der Waals surface area (Å²) in [5, 5.41) is 13.0. The van der Waals surface area contributed by atoms with E-state index in [1.165, 1.54) is 0 Å². The molecule has 1 rings (SSSR count). The number of amides is 1. The quantitative estimate of drug-likeness (QED) is 0.781. The molecule has 0 bridgehead atoms. The molecule has 4 nitrogen and oxygen atoms in total. The summed E-state index contributed by atoms with van der Waals surface area (Å²) in [5.41, 5.74) is -0.148. The maximum absolute atomic E-state index is 11.8. The van der Waals surface area contributed by atoms with Gasteiger partial charge in [-0.25, -0.2) is 0 Å². The standard InChI is InChI=1S/C14H28N2O2/c1-11(2)16(4)9-13(18)15-10-14(3)8-6-5-7-12(14)17/h11-12,17H,5-10H2,1-4H3,(H,15,18)/t12-,14+/m1/s1. The van der Waals surface area contributed by atoms with Gasteiger partial charge in [0.05, 0.1) is 12.6 Å². The van der Waals surface area contributed by atoms with Crippen molar-refractivity contribution in [3.8, 4) is 0 Å². The first-order chi connectivity index (χ1) is 8.35. The lowest BCUT2D eigenvalue weighted by atomic mass is 9.73. The van der Waals surface area contributed by atoms with Gasteiger partial charge in [-0.1, -0.05) is 19.8 Å². The van der Waals surface area contributed by atoms with Crippen LogP contribution in [0.2, 0.25) is 0 Å². The number of hydrogen-bond acceptors (Lipinski definition) is 3. The highest BCUT2D eigenvalue weighted by Crippen LogP contribution is 2.35. The van der Waals surface area contributed by atoms with Gasteiger partial charge in [0.1, 0.15) is 0 Å². The average Bonchev–Trinajstić information content (AvgIpc) is 2.31. The monoisotopic (exact) mass is 256 g/mol. The number of likely N-dealkylation sites (N-methyl/N-ethyl adjacent to an activating group) is 1. The number of aliphatic hydroxyl groups is 1. The number of carbonyl (C=O) groups excluding carboxylic acids is 1. The Morgan fingerprint density at radius 3 is 2.72 bits per heavy atom. The number of nitrogens with zero attached hydrogens (tertiary/aromatic N) is 1. The Morgan fingerprint density at radius 1 is 1.50 bits per heavy atom. The van der Waals surface area contributed by atoms with Crippen LogP contribution in [0, 0.1) is 5.41 Å². The third kappa shape index (κ3) is 4.25. The van der Waals surface area contributed by atoms with Gasteiger partial charge >= 0.3 is 0 Å². The lowest BCUT2D eigenvalue weighted by Gasteiger charge is -2.38. The molecule has 1 amide bonds. The van der Waals surface area contributed by atoms with Gasteiger partial charge in [0, 0.05) is 18.0 Å². The summed E-state index contributed by atoms with van der Waals surface area (Å²) < 4.78 is 0. The maximum atomic E-state index is 11.8. The fraction of sp³-hybridized carbons (Fsp3) is 0.929. The van der Waals surface area contributed by atoms with Crippen LogP contribution in [0.1, 0.15) is 46.5 Å². The van der Waals surface area contributed by atoms with Crippen LogP contribution < -0.4 is 5.32 Å². The Bertz CT molecular complexity index is 281. The van der Waals surface area contributed by atoms with Crippen molar-refractivity contribution in [1.29, 1.82) is 0 Å². The highest BCUT2D eigenvalue weighted by molar-refractivity contribution is 5.78. The summed E-state index contributed by atoms with van der Waals surface area (Å²) >= 11 is 0. The van der Waals surface area contributed by atoms with E-state index < -0.39 is 0 Å². The molecule has 0 saturated heterocycles. The molecule has 1 fully saturated rings. The van der Waals surface area contributed by atoms with Gasteiger partial charge in [0.25, 0.3) is 0 Å². The average molecular weight is 256 g/mol. The third-order valence-corrected chi connectivity index (χ3v) is 4.24. The zero-order chi connectivity index (χ0) is 13.8. The van der Waals surface area contributed by atoms with E-state index in [0.717, 1.165) is 25.7 Å². The van der Waals surface area contributed by atoms with Crippen LogP contribution in [0.15, 0.2) is 0 Å². The van der Waals surface area contributed by atoms with Crippen LogP contribution in [0.3, 0.4) is 0 Å². The SMILES string of the molecule is CC(C)N(C)CC(=O)NC[C@]1(C)CCCC[C@H]1O. The molecule has 0 radical (unpaired) electrons. The van der Waals surface area contributed by atoms with E-state index in [-0.39, 0.29) is 17.4 Å². The zero-order valence-electron chi connectivity index (χ0n) is 12.2. The minimum atomic E-state index is -0.283. The number of rotatable bonds is 5. The van der Waals surface area contributed by atoms with Gasteiger partial charge in [-0.05, 0) is 33.7 Å². The number of hydrogen-bond donors (Lipinski definition) is 2. The summed E-state index contributed by atoms with van der Waals surface area (Å²) in [4.78, 5) is 13.8. The first-order valence-corrected chi connectivity index (χ1v) is 7.00. The topological polar surface area (TPSA) is 52.6 Å². The molecule has 18 heavy (non-hydrogen) atoms. The van der Waals surface area contributed by atoms with Gasteiger partial charge in [-0.3, -0.25) is 9.69 Å². The first-order valence-electron chi connectivity index (χ1n) is 7.00.